The van der Waals surface area contributed by atoms with Crippen LogP contribution in [0.2, 0.25) is 5.28 Å². The van der Waals surface area contributed by atoms with E-state index in [1.807, 2.05) is 6.92 Å². The lowest BCUT2D eigenvalue weighted by Crippen LogP contribution is -2.09. The monoisotopic (exact) mass is 228 g/mol. The molecule has 1 aliphatic carbocycles. The quantitative estimate of drug-likeness (QED) is 0.851. The number of nitrogens with zero attached hydrogens (tertiary/aromatic N) is 3. The summed E-state index contributed by atoms with van der Waals surface area (Å²) < 4.78 is 5.17. The normalized spacial score (nSPS) is 23.7. The third kappa shape index (κ3) is 2.68. The van der Waals surface area contributed by atoms with E-state index in [1.165, 1.54) is 0 Å². The number of halogens is 1. The fraction of sp³-hybridized carbons (Fsp3) is 0.667. The minimum atomic E-state index is 0.157. The summed E-state index contributed by atoms with van der Waals surface area (Å²) in [5, 5.41) is 3.34. The fourth-order valence-electron chi connectivity index (χ4n) is 1.28. The van der Waals surface area contributed by atoms with Crippen LogP contribution >= 0.6 is 11.6 Å². The van der Waals surface area contributed by atoms with Crippen LogP contribution in [0.3, 0.4) is 0 Å². The molecule has 0 saturated heterocycles. The van der Waals surface area contributed by atoms with Crippen molar-refractivity contribution < 1.29 is 4.74 Å². The van der Waals surface area contributed by atoms with Gasteiger partial charge in [-0.15, -0.1) is 0 Å². The van der Waals surface area contributed by atoms with Gasteiger partial charge in [0.2, 0.25) is 11.2 Å². The average Bonchev–Trinajstić information content (AvgIpc) is 2.81. The summed E-state index contributed by atoms with van der Waals surface area (Å²) >= 11 is 5.74. The molecule has 2 rings (SSSR count). The zero-order valence-electron chi connectivity index (χ0n) is 8.70. The van der Waals surface area contributed by atoms with Gasteiger partial charge in [0.1, 0.15) is 0 Å². The second kappa shape index (κ2) is 4.18. The Morgan fingerprint density at radius 3 is 2.80 bits per heavy atom. The summed E-state index contributed by atoms with van der Waals surface area (Å²) in [6.07, 6.45) is 1.15. The molecule has 1 aromatic rings. The van der Waals surface area contributed by atoms with Gasteiger partial charge in [-0.25, -0.2) is 0 Å². The number of rotatable bonds is 4. The first-order chi connectivity index (χ1) is 7.19. The van der Waals surface area contributed by atoms with Gasteiger partial charge in [-0.1, -0.05) is 6.92 Å². The highest BCUT2D eigenvalue weighted by Crippen LogP contribution is 2.32. The molecule has 5 nitrogen and oxygen atoms in total. The average molecular weight is 229 g/mol. The Morgan fingerprint density at radius 1 is 1.47 bits per heavy atom. The van der Waals surface area contributed by atoms with Crippen LogP contribution in [0.5, 0.6) is 6.01 Å². The maximum Gasteiger partial charge on any atom is 0.322 e. The van der Waals surface area contributed by atoms with Crippen LogP contribution in [0.4, 0.5) is 5.95 Å². The van der Waals surface area contributed by atoms with Crippen LogP contribution in [0.15, 0.2) is 0 Å². The van der Waals surface area contributed by atoms with Crippen molar-refractivity contribution in [2.24, 2.45) is 5.92 Å². The maximum atomic E-state index is 5.74. The minimum absolute atomic E-state index is 0.157. The van der Waals surface area contributed by atoms with Crippen molar-refractivity contribution in [2.75, 3.05) is 11.9 Å². The van der Waals surface area contributed by atoms with E-state index in [1.54, 1.807) is 0 Å². The molecule has 0 aliphatic heterocycles. The van der Waals surface area contributed by atoms with Gasteiger partial charge in [0, 0.05) is 6.04 Å². The lowest BCUT2D eigenvalue weighted by Gasteiger charge is -2.05. The van der Waals surface area contributed by atoms with Gasteiger partial charge in [0.05, 0.1) is 6.61 Å². The Hall–Kier alpha value is -1.10. The third-order valence-corrected chi connectivity index (χ3v) is 2.45. The summed E-state index contributed by atoms with van der Waals surface area (Å²) in [6.45, 7) is 4.55. The van der Waals surface area contributed by atoms with Crippen LogP contribution in [-0.4, -0.2) is 27.6 Å². The largest absolute Gasteiger partial charge is 0.464 e. The van der Waals surface area contributed by atoms with Crippen molar-refractivity contribution in [3.8, 4) is 6.01 Å². The van der Waals surface area contributed by atoms with Gasteiger partial charge in [0.15, 0.2) is 0 Å². The molecule has 1 heterocycles. The van der Waals surface area contributed by atoms with Crippen LogP contribution in [0.25, 0.3) is 0 Å². The van der Waals surface area contributed by atoms with Gasteiger partial charge < -0.3 is 10.1 Å². The summed E-state index contributed by atoms with van der Waals surface area (Å²) in [5.41, 5.74) is 0. The summed E-state index contributed by atoms with van der Waals surface area (Å²) in [4.78, 5) is 11.9. The van der Waals surface area contributed by atoms with E-state index >= 15 is 0 Å². The summed E-state index contributed by atoms with van der Waals surface area (Å²) in [7, 11) is 0. The molecule has 2 unspecified atom stereocenters. The Balaban J connectivity index is 2.08. The van der Waals surface area contributed by atoms with Crippen molar-refractivity contribution in [1.82, 2.24) is 15.0 Å². The van der Waals surface area contributed by atoms with Crippen molar-refractivity contribution in [2.45, 2.75) is 26.3 Å². The highest BCUT2D eigenvalue weighted by atomic mass is 35.5. The number of anilines is 1. The molecule has 1 aromatic heterocycles. The Morgan fingerprint density at radius 2 is 2.20 bits per heavy atom. The third-order valence-electron chi connectivity index (χ3n) is 2.29. The predicted molar refractivity (Wildman–Crippen MR) is 57.2 cm³/mol. The molecule has 0 amide bonds. The van der Waals surface area contributed by atoms with Crippen LogP contribution < -0.4 is 10.1 Å². The van der Waals surface area contributed by atoms with E-state index in [4.69, 9.17) is 16.3 Å². The van der Waals surface area contributed by atoms with Crippen LogP contribution in [0.1, 0.15) is 20.3 Å². The topological polar surface area (TPSA) is 59.9 Å². The van der Waals surface area contributed by atoms with Gasteiger partial charge in [-0.2, -0.15) is 15.0 Å². The van der Waals surface area contributed by atoms with E-state index in [-0.39, 0.29) is 11.3 Å². The molecule has 0 radical (unpaired) electrons. The highest BCUT2D eigenvalue weighted by Gasteiger charge is 2.33. The molecule has 1 aliphatic rings. The Labute approximate surface area is 93.2 Å². The fourth-order valence-corrected chi connectivity index (χ4v) is 1.43. The molecular formula is C9H13ClN4O. The number of nitrogens with one attached hydrogen (secondary N) is 1. The Kier molecular flexibility index (Phi) is 2.90. The van der Waals surface area contributed by atoms with Gasteiger partial charge in [-0.3, -0.25) is 0 Å². The zero-order chi connectivity index (χ0) is 10.8. The molecule has 0 spiro atoms. The molecule has 82 valence electrons. The second-order valence-corrected chi connectivity index (χ2v) is 3.95. The molecular weight excluding hydrogens is 216 g/mol. The van der Waals surface area contributed by atoms with Gasteiger partial charge in [-0.05, 0) is 30.9 Å². The van der Waals surface area contributed by atoms with Gasteiger partial charge >= 0.3 is 6.01 Å². The summed E-state index contributed by atoms with van der Waals surface area (Å²) in [6, 6.07) is 0.728. The second-order valence-electron chi connectivity index (χ2n) is 3.61. The SMILES string of the molecule is CCOc1nc(Cl)nc(NC2CC2C)n1. The molecule has 1 N–H and O–H groups in total. The Bertz CT molecular complexity index is 360. The molecule has 0 bridgehead atoms. The van der Waals surface area contributed by atoms with Crippen molar-refractivity contribution in [3.63, 3.8) is 0 Å². The smallest absolute Gasteiger partial charge is 0.322 e. The van der Waals surface area contributed by atoms with Crippen LogP contribution in [0, 0.1) is 5.92 Å². The molecule has 15 heavy (non-hydrogen) atoms. The van der Waals surface area contributed by atoms with Crippen molar-refractivity contribution in [3.05, 3.63) is 5.28 Å². The van der Waals surface area contributed by atoms with E-state index in [9.17, 15) is 0 Å². The first-order valence-electron chi connectivity index (χ1n) is 5.00. The lowest BCUT2D eigenvalue weighted by molar-refractivity contribution is 0.312. The van der Waals surface area contributed by atoms with Crippen molar-refractivity contribution >= 4 is 17.5 Å². The minimum Gasteiger partial charge on any atom is -0.464 e. The van der Waals surface area contributed by atoms with E-state index in [0.717, 1.165) is 6.42 Å². The first kappa shape index (κ1) is 10.4. The van der Waals surface area contributed by atoms with E-state index < -0.39 is 0 Å². The summed E-state index contributed by atoms with van der Waals surface area (Å²) in [5.74, 6) is 1.17. The van der Waals surface area contributed by atoms with Gasteiger partial charge in [0.25, 0.3) is 0 Å². The maximum absolute atomic E-state index is 5.74. The zero-order valence-corrected chi connectivity index (χ0v) is 9.45. The van der Waals surface area contributed by atoms with E-state index in [2.05, 4.69) is 27.2 Å². The lowest BCUT2D eigenvalue weighted by atomic mass is 10.5. The number of hydrogen-bond donors (Lipinski definition) is 1. The number of aromatic nitrogens is 3. The number of hydrogen-bond acceptors (Lipinski definition) is 5. The highest BCUT2D eigenvalue weighted by molar-refractivity contribution is 6.28. The van der Waals surface area contributed by atoms with Crippen molar-refractivity contribution in [1.29, 1.82) is 0 Å². The molecule has 6 heteroatoms. The predicted octanol–water partition coefficient (Wildman–Crippen LogP) is 1.74. The number of ether oxygens (including phenoxy) is 1. The molecule has 1 saturated carbocycles. The first-order valence-corrected chi connectivity index (χ1v) is 5.37. The van der Waals surface area contributed by atoms with E-state index in [0.29, 0.717) is 24.5 Å². The molecule has 2 atom stereocenters. The van der Waals surface area contributed by atoms with Crippen LogP contribution in [-0.2, 0) is 0 Å². The standard InChI is InChI=1S/C9H13ClN4O/c1-3-15-9-13-7(10)12-8(14-9)11-6-4-5(6)2/h5-6H,3-4H2,1-2H3,(H,11,12,13,14). The molecule has 0 aromatic carbocycles. The molecule has 1 fully saturated rings.